The maximum absolute atomic E-state index is 12.7. The van der Waals surface area contributed by atoms with Crippen LogP contribution in [0.3, 0.4) is 0 Å². The van der Waals surface area contributed by atoms with Crippen LogP contribution in [0.5, 0.6) is 0 Å². The highest BCUT2D eigenvalue weighted by molar-refractivity contribution is 5.94. The van der Waals surface area contributed by atoms with Gasteiger partial charge in [0.25, 0.3) is 5.69 Å². The molecule has 1 heterocycles. The highest BCUT2D eigenvalue weighted by Gasteiger charge is 2.51. The van der Waals surface area contributed by atoms with Crippen LogP contribution in [-0.2, 0) is 20.9 Å². The summed E-state index contributed by atoms with van der Waals surface area (Å²) in [6.45, 7) is 1.24. The molecule has 9 nitrogen and oxygen atoms in total. The van der Waals surface area contributed by atoms with E-state index in [0.717, 1.165) is 5.56 Å². The highest BCUT2D eigenvalue weighted by atomic mass is 16.6. The molecule has 2 unspecified atom stereocenters. The summed E-state index contributed by atoms with van der Waals surface area (Å²) in [6, 6.07) is 12.3. The van der Waals surface area contributed by atoms with E-state index in [2.05, 4.69) is 0 Å². The first-order valence-electron chi connectivity index (χ1n) is 9.68. The average Bonchev–Trinajstić information content (AvgIpc) is 2.77. The van der Waals surface area contributed by atoms with Crippen LogP contribution in [-0.4, -0.2) is 51.0 Å². The maximum atomic E-state index is 12.7. The van der Waals surface area contributed by atoms with Gasteiger partial charge in [0.1, 0.15) is 12.6 Å². The van der Waals surface area contributed by atoms with Crippen LogP contribution in [0, 0.1) is 10.1 Å². The number of benzene rings is 2. The largest absolute Gasteiger partial charge is 0.459 e. The van der Waals surface area contributed by atoms with Crippen molar-refractivity contribution in [2.45, 2.75) is 37.8 Å². The van der Waals surface area contributed by atoms with E-state index in [4.69, 9.17) is 10.5 Å². The number of non-ortho nitro benzene ring substituents is 1. The van der Waals surface area contributed by atoms with Crippen LogP contribution in [0.2, 0.25) is 0 Å². The molecule has 1 amide bonds. The highest BCUT2D eigenvalue weighted by Crippen LogP contribution is 2.26. The molecule has 3 N–H and O–H groups in total. The van der Waals surface area contributed by atoms with Crippen molar-refractivity contribution >= 4 is 23.6 Å². The molecule has 31 heavy (non-hydrogen) atoms. The van der Waals surface area contributed by atoms with Gasteiger partial charge in [-0.05, 0) is 30.2 Å². The second-order valence-corrected chi connectivity index (χ2v) is 7.25. The summed E-state index contributed by atoms with van der Waals surface area (Å²) in [7, 11) is 0. The third kappa shape index (κ3) is 4.96. The maximum Gasteiger partial charge on any atom is 0.331 e. The first-order valence-corrected chi connectivity index (χ1v) is 9.68. The quantitative estimate of drug-likeness (QED) is 0.284. The number of hydrogen-bond donors (Lipinski definition) is 2. The summed E-state index contributed by atoms with van der Waals surface area (Å²) in [6.07, 6.45) is 2.33. The number of β-lactam (4-membered cyclic amide) rings is 1. The number of nitrogens with two attached hydrogens (primary N) is 1. The Bertz CT molecular complexity index is 975. The van der Waals surface area contributed by atoms with Crippen molar-refractivity contribution in [2.24, 2.45) is 5.73 Å². The second-order valence-electron chi connectivity index (χ2n) is 7.25. The molecule has 1 aliphatic rings. The van der Waals surface area contributed by atoms with Crippen LogP contribution in [0.4, 0.5) is 5.69 Å². The predicted octanol–water partition coefficient (Wildman–Crippen LogP) is 1.64. The number of aliphatic hydroxyl groups is 1. The average molecular weight is 425 g/mol. The Balaban J connectivity index is 1.70. The van der Waals surface area contributed by atoms with E-state index in [1.165, 1.54) is 36.1 Å². The lowest BCUT2D eigenvalue weighted by atomic mass is 9.90. The lowest BCUT2D eigenvalue weighted by Gasteiger charge is -2.48. The van der Waals surface area contributed by atoms with E-state index in [1.54, 1.807) is 12.2 Å². The van der Waals surface area contributed by atoms with Crippen molar-refractivity contribution in [3.63, 3.8) is 0 Å². The minimum atomic E-state index is -1.23. The number of carbonyl (C=O) groups excluding carboxylic acids is 2. The second kappa shape index (κ2) is 9.50. The Morgan fingerprint density at radius 3 is 2.48 bits per heavy atom. The summed E-state index contributed by atoms with van der Waals surface area (Å²) in [5, 5.41) is 20.9. The molecule has 1 aliphatic heterocycles. The van der Waals surface area contributed by atoms with Gasteiger partial charge in [-0.3, -0.25) is 14.9 Å². The standard InChI is InChI=1S/C22H23N3O6/c1-14(26)20(22(28)31-13-16-7-10-17(11-8-16)25(29)30)24-18(19(23)21(24)27)12-9-15-5-3-2-4-6-15/h2-12,14,18-20,26H,13,23H2,1H3/t14?,18-,19+,20?/m1/s1. The fourth-order valence-electron chi connectivity index (χ4n) is 3.36. The van der Waals surface area contributed by atoms with Gasteiger partial charge in [-0.15, -0.1) is 0 Å². The number of rotatable bonds is 8. The number of nitro benzene ring substituents is 1. The lowest BCUT2D eigenvalue weighted by molar-refractivity contribution is -0.384. The first kappa shape index (κ1) is 22.1. The Labute approximate surface area is 178 Å². The number of likely N-dealkylation sites (tertiary alicyclic amines) is 1. The fraction of sp³-hybridized carbons (Fsp3) is 0.273. The van der Waals surface area contributed by atoms with E-state index in [-0.39, 0.29) is 12.3 Å². The minimum Gasteiger partial charge on any atom is -0.459 e. The molecule has 2 aromatic carbocycles. The number of carbonyl (C=O) groups is 2. The number of esters is 1. The molecule has 0 spiro atoms. The van der Waals surface area contributed by atoms with E-state index >= 15 is 0 Å². The number of aliphatic hydroxyl groups excluding tert-OH is 1. The third-order valence-corrected chi connectivity index (χ3v) is 5.04. The van der Waals surface area contributed by atoms with Gasteiger partial charge in [0.15, 0.2) is 6.04 Å². The summed E-state index contributed by atoms with van der Waals surface area (Å²) >= 11 is 0. The minimum absolute atomic E-state index is 0.0786. The van der Waals surface area contributed by atoms with Gasteiger partial charge in [-0.2, -0.15) is 0 Å². The Kier molecular flexibility index (Phi) is 6.78. The van der Waals surface area contributed by atoms with Crippen LogP contribution in [0.1, 0.15) is 18.1 Å². The molecule has 9 heteroatoms. The number of amides is 1. The lowest BCUT2D eigenvalue weighted by Crippen LogP contribution is -2.73. The fourth-order valence-corrected chi connectivity index (χ4v) is 3.36. The van der Waals surface area contributed by atoms with Gasteiger partial charge < -0.3 is 20.5 Å². The summed E-state index contributed by atoms with van der Waals surface area (Å²) < 4.78 is 5.28. The molecule has 0 saturated carbocycles. The number of nitrogens with zero attached hydrogens (tertiary/aromatic N) is 2. The Hall–Kier alpha value is -3.56. The molecule has 4 atom stereocenters. The van der Waals surface area contributed by atoms with Crippen molar-refractivity contribution in [3.8, 4) is 0 Å². The molecule has 2 aromatic rings. The Morgan fingerprint density at radius 1 is 1.26 bits per heavy atom. The van der Waals surface area contributed by atoms with Crippen LogP contribution >= 0.6 is 0 Å². The normalized spacial score (nSPS) is 20.2. The van der Waals surface area contributed by atoms with Gasteiger partial charge in [0.05, 0.1) is 17.1 Å². The van der Waals surface area contributed by atoms with Gasteiger partial charge in [0, 0.05) is 12.1 Å². The number of hydrogen-bond acceptors (Lipinski definition) is 7. The molecule has 3 rings (SSSR count). The predicted molar refractivity (Wildman–Crippen MR) is 112 cm³/mol. The van der Waals surface area contributed by atoms with E-state index in [1.807, 2.05) is 30.3 Å². The molecule has 1 fully saturated rings. The zero-order valence-corrected chi connectivity index (χ0v) is 16.8. The van der Waals surface area contributed by atoms with E-state index in [9.17, 15) is 24.8 Å². The van der Waals surface area contributed by atoms with Gasteiger partial charge in [-0.1, -0.05) is 42.5 Å². The summed E-state index contributed by atoms with van der Waals surface area (Å²) in [5.74, 6) is -1.24. The van der Waals surface area contributed by atoms with Gasteiger partial charge in [0.2, 0.25) is 5.91 Å². The molecule has 0 radical (unpaired) electrons. The monoisotopic (exact) mass is 425 g/mol. The summed E-state index contributed by atoms with van der Waals surface area (Å²) in [4.78, 5) is 36.5. The molecule has 0 aliphatic carbocycles. The molecule has 0 bridgehead atoms. The van der Waals surface area contributed by atoms with Crippen LogP contribution in [0.25, 0.3) is 6.08 Å². The van der Waals surface area contributed by atoms with Crippen molar-refractivity contribution in [1.29, 1.82) is 0 Å². The van der Waals surface area contributed by atoms with Gasteiger partial charge >= 0.3 is 5.97 Å². The SMILES string of the molecule is CC(O)C(C(=O)OCc1ccc([N+](=O)[O-])cc1)N1C(=O)[C@@H](N)[C@H]1C=Cc1ccccc1. The molecule has 0 aromatic heterocycles. The number of nitro groups is 1. The van der Waals surface area contributed by atoms with Crippen molar-refractivity contribution < 1.29 is 24.4 Å². The topological polar surface area (TPSA) is 136 Å². The van der Waals surface area contributed by atoms with Crippen molar-refractivity contribution in [1.82, 2.24) is 4.90 Å². The smallest absolute Gasteiger partial charge is 0.331 e. The first-order chi connectivity index (χ1) is 14.8. The molecule has 162 valence electrons. The van der Waals surface area contributed by atoms with Crippen molar-refractivity contribution in [2.75, 3.05) is 0 Å². The van der Waals surface area contributed by atoms with E-state index < -0.39 is 41.0 Å². The van der Waals surface area contributed by atoms with E-state index in [0.29, 0.717) is 5.56 Å². The van der Waals surface area contributed by atoms with Crippen LogP contribution < -0.4 is 5.73 Å². The zero-order valence-electron chi connectivity index (χ0n) is 16.8. The van der Waals surface area contributed by atoms with Gasteiger partial charge in [-0.25, -0.2) is 4.79 Å². The summed E-state index contributed by atoms with van der Waals surface area (Å²) in [5.41, 5.74) is 7.30. The number of ether oxygens (including phenoxy) is 1. The van der Waals surface area contributed by atoms with Crippen molar-refractivity contribution in [3.05, 3.63) is 81.9 Å². The van der Waals surface area contributed by atoms with Crippen LogP contribution in [0.15, 0.2) is 60.7 Å². The zero-order chi connectivity index (χ0) is 22.5. The molecule has 1 saturated heterocycles. The Morgan fingerprint density at radius 2 is 1.90 bits per heavy atom. The third-order valence-electron chi connectivity index (χ3n) is 5.04. The molecular formula is C22H23N3O6. The molecular weight excluding hydrogens is 402 g/mol.